The quantitative estimate of drug-likeness (QED) is 0.276. The first-order chi connectivity index (χ1) is 9.91. The summed E-state index contributed by atoms with van der Waals surface area (Å²) in [5, 5.41) is 16.9. The normalized spacial score (nSPS) is 15.6. The molecule has 1 heterocycles. The van der Waals surface area contributed by atoms with E-state index in [9.17, 15) is 14.7 Å². The number of halogens is 1. The number of rotatable bonds is 10. The van der Waals surface area contributed by atoms with E-state index < -0.39 is 18.7 Å². The molecule has 0 aromatic carbocycles. The summed E-state index contributed by atoms with van der Waals surface area (Å²) in [7, 11) is -3.25. The topological polar surface area (TPSA) is 107 Å². The third kappa shape index (κ3) is 5.88. The Morgan fingerprint density at radius 2 is 2.14 bits per heavy atom. The number of nitrogens with one attached hydrogen (secondary N) is 2. The molecule has 120 valence electrons. The van der Waals surface area contributed by atoms with Gasteiger partial charge in [0.2, 0.25) is 0 Å². The smallest absolute Gasteiger partial charge is 0.403 e. The highest BCUT2D eigenvalue weighted by Gasteiger charge is 2.27. The zero-order chi connectivity index (χ0) is 15.9. The van der Waals surface area contributed by atoms with Crippen LogP contribution in [0.15, 0.2) is 16.5 Å². The summed E-state index contributed by atoms with van der Waals surface area (Å²) in [6.07, 6.45) is 0.112. The van der Waals surface area contributed by atoms with Crippen molar-refractivity contribution in [1.82, 2.24) is 10.2 Å². The molecule has 1 aromatic heterocycles. The maximum atomic E-state index is 12.6. The number of alkyl halides is 1. The molecular weight excluding hydrogens is 365 g/mol. The summed E-state index contributed by atoms with van der Waals surface area (Å²) >= 11 is 3.24. The Balaban J connectivity index is 2.75. The summed E-state index contributed by atoms with van der Waals surface area (Å²) in [5.41, 5.74) is 0. The van der Waals surface area contributed by atoms with Crippen molar-refractivity contribution in [3.8, 4) is 0 Å². The van der Waals surface area contributed by atoms with Gasteiger partial charge in [-0.05, 0) is 19.4 Å². The van der Waals surface area contributed by atoms with Crippen molar-refractivity contribution < 1.29 is 18.4 Å². The molecule has 0 fully saturated rings. The van der Waals surface area contributed by atoms with Crippen LogP contribution >= 0.6 is 23.6 Å². The van der Waals surface area contributed by atoms with Gasteiger partial charge in [-0.1, -0.05) is 22.9 Å². The van der Waals surface area contributed by atoms with Gasteiger partial charge in [0.15, 0.2) is 0 Å². The number of furan rings is 1. The Labute approximate surface area is 131 Å². The molecule has 21 heavy (non-hydrogen) atoms. The van der Waals surface area contributed by atoms with Gasteiger partial charge in [0.25, 0.3) is 0 Å². The van der Waals surface area contributed by atoms with Crippen LogP contribution in [-0.2, 0) is 9.09 Å². The summed E-state index contributed by atoms with van der Waals surface area (Å²) in [4.78, 5) is 9.96. The van der Waals surface area contributed by atoms with Crippen LogP contribution in [0.2, 0.25) is 0 Å². The third-order valence-corrected chi connectivity index (χ3v) is 4.77. The zero-order valence-corrected chi connectivity index (χ0v) is 14.4. The first kappa shape index (κ1) is 18.3. The van der Waals surface area contributed by atoms with Crippen molar-refractivity contribution in [2.75, 3.05) is 18.4 Å². The van der Waals surface area contributed by atoms with Crippen molar-refractivity contribution in [2.45, 2.75) is 26.4 Å². The van der Waals surface area contributed by atoms with E-state index in [0.29, 0.717) is 18.4 Å². The Morgan fingerprint density at radius 3 is 2.67 bits per heavy atom. The number of nitrogens with zero attached hydrogens (tertiary/aromatic N) is 1. The van der Waals surface area contributed by atoms with Crippen molar-refractivity contribution in [3.63, 3.8) is 0 Å². The Bertz CT molecular complexity index is 498. The van der Waals surface area contributed by atoms with Crippen molar-refractivity contribution in [1.29, 1.82) is 0 Å². The molecule has 0 aliphatic heterocycles. The largest absolute Gasteiger partial charge is 0.433 e. The molecule has 1 rings (SSSR count). The SMILES string of the molecule is CCCNP(=O)(NCCBr)OC(C)c1ccc([N+](=O)[O-])o1. The van der Waals surface area contributed by atoms with Gasteiger partial charge in [0.1, 0.15) is 16.8 Å². The van der Waals surface area contributed by atoms with Gasteiger partial charge in [0.05, 0.1) is 6.07 Å². The van der Waals surface area contributed by atoms with Gasteiger partial charge in [-0.2, -0.15) is 0 Å². The fourth-order valence-corrected chi connectivity index (χ4v) is 3.75. The summed E-state index contributed by atoms with van der Waals surface area (Å²) in [5.74, 6) is -0.119. The predicted octanol–water partition coefficient (Wildman–Crippen LogP) is 3.36. The van der Waals surface area contributed by atoms with Gasteiger partial charge < -0.3 is 4.42 Å². The molecule has 2 unspecified atom stereocenters. The number of nitro groups is 1. The van der Waals surface area contributed by atoms with Crippen LogP contribution in [0.5, 0.6) is 0 Å². The van der Waals surface area contributed by atoms with Gasteiger partial charge in [-0.15, -0.1) is 0 Å². The van der Waals surface area contributed by atoms with Crippen molar-refractivity contribution in [2.24, 2.45) is 0 Å². The van der Waals surface area contributed by atoms with E-state index in [1.54, 1.807) is 6.92 Å². The van der Waals surface area contributed by atoms with Crippen molar-refractivity contribution >= 4 is 29.5 Å². The van der Waals surface area contributed by atoms with Crippen LogP contribution in [0.25, 0.3) is 0 Å². The molecule has 0 bridgehead atoms. The molecule has 0 spiro atoms. The molecular formula is C11H19BrN3O5P. The molecule has 0 radical (unpaired) electrons. The summed E-state index contributed by atoms with van der Waals surface area (Å²) in [6.45, 7) is 4.55. The summed E-state index contributed by atoms with van der Waals surface area (Å²) in [6, 6.07) is 2.68. The number of hydrogen-bond acceptors (Lipinski definition) is 5. The van der Waals surface area contributed by atoms with E-state index in [0.717, 1.165) is 6.42 Å². The zero-order valence-electron chi connectivity index (χ0n) is 11.9. The van der Waals surface area contributed by atoms with E-state index >= 15 is 0 Å². The van der Waals surface area contributed by atoms with E-state index in [1.807, 2.05) is 6.92 Å². The van der Waals surface area contributed by atoms with Gasteiger partial charge in [-0.25, -0.2) is 10.2 Å². The lowest BCUT2D eigenvalue weighted by Crippen LogP contribution is -2.26. The second kappa shape index (κ2) is 8.65. The van der Waals surface area contributed by atoms with Crippen LogP contribution in [0.1, 0.15) is 32.1 Å². The maximum Gasteiger partial charge on any atom is 0.433 e. The summed E-state index contributed by atoms with van der Waals surface area (Å²) < 4.78 is 23.2. The molecule has 0 saturated carbocycles. The molecule has 1 aromatic rings. The predicted molar refractivity (Wildman–Crippen MR) is 82.6 cm³/mol. The Hall–Kier alpha value is -0.730. The van der Waals surface area contributed by atoms with Crippen LogP contribution in [-0.4, -0.2) is 23.3 Å². The van der Waals surface area contributed by atoms with Gasteiger partial charge in [-0.3, -0.25) is 19.2 Å². The minimum atomic E-state index is -3.25. The molecule has 0 amide bonds. The first-order valence-corrected chi connectivity index (χ1v) is 9.25. The lowest BCUT2D eigenvalue weighted by atomic mass is 10.3. The fourth-order valence-electron chi connectivity index (χ4n) is 1.51. The maximum absolute atomic E-state index is 12.6. The molecule has 8 nitrogen and oxygen atoms in total. The van der Waals surface area contributed by atoms with Gasteiger partial charge >= 0.3 is 13.6 Å². The van der Waals surface area contributed by atoms with Crippen LogP contribution in [0.3, 0.4) is 0 Å². The monoisotopic (exact) mass is 383 g/mol. The second-order valence-corrected chi connectivity index (χ2v) is 6.98. The lowest BCUT2D eigenvalue weighted by molar-refractivity contribution is -0.402. The van der Waals surface area contributed by atoms with Crippen LogP contribution in [0, 0.1) is 10.1 Å². The average molecular weight is 384 g/mol. The standard InChI is InChI=1S/C11H19BrN3O5P/c1-3-7-13-21(18,14-8-6-12)20-9(2)10-4-5-11(19-10)15(16)17/h4-5,9H,3,6-8H2,1-2H3,(H2,13,14,18). The fraction of sp³-hybridized carbons (Fsp3) is 0.636. The molecule has 2 atom stereocenters. The highest BCUT2D eigenvalue weighted by atomic mass is 79.9. The first-order valence-electron chi connectivity index (χ1n) is 6.50. The average Bonchev–Trinajstić information content (AvgIpc) is 2.93. The molecule has 0 saturated heterocycles. The highest BCUT2D eigenvalue weighted by Crippen LogP contribution is 2.43. The van der Waals surface area contributed by atoms with E-state index in [1.165, 1.54) is 12.1 Å². The minimum Gasteiger partial charge on any atom is -0.403 e. The van der Waals surface area contributed by atoms with E-state index in [4.69, 9.17) is 8.94 Å². The van der Waals surface area contributed by atoms with E-state index in [-0.39, 0.29) is 11.6 Å². The van der Waals surface area contributed by atoms with Crippen molar-refractivity contribution in [3.05, 3.63) is 28.0 Å². The van der Waals surface area contributed by atoms with Gasteiger partial charge in [0, 0.05) is 18.4 Å². The Kier molecular flexibility index (Phi) is 7.55. The third-order valence-electron chi connectivity index (χ3n) is 2.48. The van der Waals surface area contributed by atoms with E-state index in [2.05, 4.69) is 26.1 Å². The molecule has 0 aliphatic rings. The Morgan fingerprint density at radius 1 is 1.48 bits per heavy atom. The molecule has 2 N–H and O–H groups in total. The highest BCUT2D eigenvalue weighted by molar-refractivity contribution is 9.09. The molecule has 10 heteroatoms. The van der Waals surface area contributed by atoms with Crippen LogP contribution < -0.4 is 10.2 Å². The second-order valence-electron chi connectivity index (χ2n) is 4.24. The number of hydrogen-bond donors (Lipinski definition) is 2. The lowest BCUT2D eigenvalue weighted by Gasteiger charge is -2.22. The van der Waals surface area contributed by atoms with Crippen LogP contribution in [0.4, 0.5) is 5.88 Å². The minimum absolute atomic E-state index is 0.251. The molecule has 0 aliphatic carbocycles.